The first-order valence-corrected chi connectivity index (χ1v) is 7.41. The standard InChI is InChI=1S/C16H11F4N5O2/c17-8-1-2-13-23-5-12(25(13)6-8)14(21)9-4-22-11(15(26)27)3-10(9)24-7-16(18,19)20/h1-6,21H,7H2,(H,22,24)(H,26,27). The molecule has 0 spiro atoms. The number of alkyl halides is 3. The number of imidazole rings is 1. The molecule has 3 N–H and O–H groups in total. The Hall–Kier alpha value is -3.50. The van der Waals surface area contributed by atoms with Crippen molar-refractivity contribution in [3.63, 3.8) is 0 Å². The Bertz CT molecular complexity index is 1040. The maximum Gasteiger partial charge on any atom is 0.405 e. The maximum absolute atomic E-state index is 13.5. The molecule has 3 aromatic heterocycles. The van der Waals surface area contributed by atoms with E-state index >= 15 is 0 Å². The summed E-state index contributed by atoms with van der Waals surface area (Å²) >= 11 is 0. The molecule has 140 valence electrons. The van der Waals surface area contributed by atoms with E-state index in [2.05, 4.69) is 15.3 Å². The van der Waals surface area contributed by atoms with Crippen LogP contribution in [0.25, 0.3) is 5.65 Å². The molecular weight excluding hydrogens is 370 g/mol. The Kier molecular flexibility index (Phi) is 4.52. The van der Waals surface area contributed by atoms with Crippen molar-refractivity contribution in [1.82, 2.24) is 14.4 Å². The smallest absolute Gasteiger partial charge is 0.405 e. The van der Waals surface area contributed by atoms with Crippen LogP contribution >= 0.6 is 0 Å². The van der Waals surface area contributed by atoms with Crippen LogP contribution in [0.1, 0.15) is 21.7 Å². The predicted octanol–water partition coefficient (Wildman–Crippen LogP) is 2.96. The summed E-state index contributed by atoms with van der Waals surface area (Å²) in [7, 11) is 0. The molecule has 27 heavy (non-hydrogen) atoms. The van der Waals surface area contributed by atoms with Gasteiger partial charge in [-0.3, -0.25) is 9.81 Å². The lowest BCUT2D eigenvalue weighted by atomic mass is 10.1. The largest absolute Gasteiger partial charge is 0.477 e. The third-order valence-corrected chi connectivity index (χ3v) is 3.60. The minimum Gasteiger partial charge on any atom is -0.477 e. The Morgan fingerprint density at radius 3 is 2.67 bits per heavy atom. The lowest BCUT2D eigenvalue weighted by Gasteiger charge is -2.14. The van der Waals surface area contributed by atoms with Crippen LogP contribution in [0.4, 0.5) is 23.2 Å². The maximum atomic E-state index is 13.5. The number of rotatable bonds is 5. The fourth-order valence-electron chi connectivity index (χ4n) is 2.39. The number of carbonyl (C=O) groups is 1. The van der Waals surface area contributed by atoms with Crippen molar-refractivity contribution in [3.8, 4) is 0 Å². The average Bonchev–Trinajstić information content (AvgIpc) is 3.01. The average molecular weight is 381 g/mol. The summed E-state index contributed by atoms with van der Waals surface area (Å²) in [6.45, 7) is -1.43. The minimum absolute atomic E-state index is 0.0877. The second kappa shape index (κ2) is 6.67. The molecule has 0 amide bonds. The zero-order chi connectivity index (χ0) is 19.8. The molecule has 0 saturated carbocycles. The highest BCUT2D eigenvalue weighted by Gasteiger charge is 2.28. The summed E-state index contributed by atoms with van der Waals surface area (Å²) in [4.78, 5) is 18.7. The van der Waals surface area contributed by atoms with Gasteiger partial charge in [-0.1, -0.05) is 0 Å². The molecule has 0 aliphatic carbocycles. The molecule has 3 rings (SSSR count). The topological polar surface area (TPSA) is 103 Å². The van der Waals surface area contributed by atoms with E-state index in [-0.39, 0.29) is 22.7 Å². The van der Waals surface area contributed by atoms with E-state index in [0.29, 0.717) is 5.65 Å². The van der Waals surface area contributed by atoms with Crippen LogP contribution < -0.4 is 5.32 Å². The summed E-state index contributed by atoms with van der Waals surface area (Å²) in [6, 6.07) is 3.46. The molecule has 11 heteroatoms. The van der Waals surface area contributed by atoms with Crippen molar-refractivity contribution in [2.24, 2.45) is 0 Å². The van der Waals surface area contributed by atoms with Crippen LogP contribution in [-0.2, 0) is 0 Å². The molecule has 0 aliphatic heterocycles. The molecule has 0 bridgehead atoms. The number of hydrogen-bond donors (Lipinski definition) is 3. The van der Waals surface area contributed by atoms with Crippen molar-refractivity contribution in [2.75, 3.05) is 11.9 Å². The Balaban J connectivity index is 2.06. The van der Waals surface area contributed by atoms with Gasteiger partial charge in [0.25, 0.3) is 0 Å². The highest BCUT2D eigenvalue weighted by atomic mass is 19.4. The van der Waals surface area contributed by atoms with Crippen LogP contribution in [-0.4, -0.2) is 43.9 Å². The molecule has 0 radical (unpaired) electrons. The van der Waals surface area contributed by atoms with E-state index in [0.717, 1.165) is 18.5 Å². The van der Waals surface area contributed by atoms with Crippen LogP contribution in [0, 0.1) is 11.2 Å². The molecule has 0 aromatic carbocycles. The predicted molar refractivity (Wildman–Crippen MR) is 86.8 cm³/mol. The van der Waals surface area contributed by atoms with E-state index in [1.807, 2.05) is 0 Å². The van der Waals surface area contributed by atoms with Crippen LogP contribution in [0.3, 0.4) is 0 Å². The molecule has 0 saturated heterocycles. The van der Waals surface area contributed by atoms with Gasteiger partial charge in [0, 0.05) is 23.6 Å². The second-order valence-electron chi connectivity index (χ2n) is 5.48. The number of pyridine rings is 2. The highest BCUT2D eigenvalue weighted by molar-refractivity contribution is 6.13. The van der Waals surface area contributed by atoms with Crippen molar-refractivity contribution in [2.45, 2.75) is 6.18 Å². The fraction of sp³-hybridized carbons (Fsp3) is 0.125. The first kappa shape index (κ1) is 18.3. The highest BCUT2D eigenvalue weighted by Crippen LogP contribution is 2.23. The third-order valence-electron chi connectivity index (χ3n) is 3.60. The molecule has 7 nitrogen and oxygen atoms in total. The van der Waals surface area contributed by atoms with Crippen molar-refractivity contribution >= 4 is 23.0 Å². The molecule has 0 fully saturated rings. The van der Waals surface area contributed by atoms with Crippen LogP contribution in [0.2, 0.25) is 0 Å². The number of anilines is 1. The third kappa shape index (κ3) is 3.86. The van der Waals surface area contributed by atoms with Gasteiger partial charge in [0.2, 0.25) is 0 Å². The van der Waals surface area contributed by atoms with Gasteiger partial charge in [-0.2, -0.15) is 13.2 Å². The van der Waals surface area contributed by atoms with Gasteiger partial charge < -0.3 is 10.4 Å². The van der Waals surface area contributed by atoms with Crippen molar-refractivity contribution in [1.29, 1.82) is 5.41 Å². The van der Waals surface area contributed by atoms with Gasteiger partial charge in [-0.15, -0.1) is 0 Å². The van der Waals surface area contributed by atoms with E-state index in [1.54, 1.807) is 0 Å². The number of fused-ring (bicyclic) bond motifs is 1. The molecular formula is C16H11F4N5O2. The lowest BCUT2D eigenvalue weighted by molar-refractivity contribution is -0.115. The van der Waals surface area contributed by atoms with Gasteiger partial charge in [-0.05, 0) is 18.2 Å². The number of carboxylic acids is 1. The molecule has 0 aliphatic rings. The fourth-order valence-corrected chi connectivity index (χ4v) is 2.39. The monoisotopic (exact) mass is 381 g/mol. The van der Waals surface area contributed by atoms with Crippen molar-refractivity contribution in [3.05, 3.63) is 59.6 Å². The van der Waals surface area contributed by atoms with E-state index < -0.39 is 30.2 Å². The van der Waals surface area contributed by atoms with E-state index in [4.69, 9.17) is 10.5 Å². The van der Waals surface area contributed by atoms with E-state index in [9.17, 15) is 22.4 Å². The number of nitrogens with one attached hydrogen (secondary N) is 2. The van der Waals surface area contributed by atoms with Crippen LogP contribution in [0.5, 0.6) is 0 Å². The molecule has 3 aromatic rings. The normalized spacial score (nSPS) is 11.6. The van der Waals surface area contributed by atoms with Crippen molar-refractivity contribution < 1.29 is 27.5 Å². The zero-order valence-electron chi connectivity index (χ0n) is 13.4. The van der Waals surface area contributed by atoms with Gasteiger partial charge in [0.05, 0.1) is 17.6 Å². The Morgan fingerprint density at radius 1 is 1.26 bits per heavy atom. The summed E-state index contributed by atoms with van der Waals surface area (Å²) in [5.74, 6) is -2.02. The van der Waals surface area contributed by atoms with Gasteiger partial charge in [0.1, 0.15) is 23.7 Å². The number of nitrogens with zero attached hydrogens (tertiary/aromatic N) is 3. The number of aromatic nitrogens is 3. The number of halogens is 4. The molecule has 0 unspecified atom stereocenters. The lowest BCUT2D eigenvalue weighted by Crippen LogP contribution is -2.23. The quantitative estimate of drug-likeness (QED) is 0.466. The van der Waals surface area contributed by atoms with Gasteiger partial charge >= 0.3 is 12.1 Å². The number of carboxylic acid groups (broad SMARTS) is 1. The molecule has 0 atom stereocenters. The minimum atomic E-state index is -4.56. The summed E-state index contributed by atoms with van der Waals surface area (Å²) in [6.07, 6.45) is -1.24. The molecule has 3 heterocycles. The first-order chi connectivity index (χ1) is 12.7. The zero-order valence-corrected chi connectivity index (χ0v) is 13.4. The van der Waals surface area contributed by atoms with Crippen LogP contribution in [0.15, 0.2) is 36.8 Å². The van der Waals surface area contributed by atoms with Gasteiger partial charge in [-0.25, -0.2) is 19.2 Å². The second-order valence-corrected chi connectivity index (χ2v) is 5.48. The SMILES string of the molecule is N=C(c1cnc(C(=O)O)cc1NCC(F)(F)F)c1cnc2ccc(F)cn12. The number of aromatic carboxylic acids is 1. The first-order valence-electron chi connectivity index (χ1n) is 7.41. The summed E-state index contributed by atoms with van der Waals surface area (Å²) in [5.41, 5.74) is -0.686. The van der Waals surface area contributed by atoms with Gasteiger partial charge in [0.15, 0.2) is 0 Å². The summed E-state index contributed by atoms with van der Waals surface area (Å²) < 4.78 is 52.4. The Morgan fingerprint density at radius 2 is 2.00 bits per heavy atom. The summed E-state index contributed by atoms with van der Waals surface area (Å²) in [5, 5.41) is 19.4. The Labute approximate surface area is 148 Å². The number of hydrogen-bond acceptors (Lipinski definition) is 5. The van der Waals surface area contributed by atoms with E-state index in [1.165, 1.54) is 22.7 Å².